The molecule has 1 rings (SSSR count). The van der Waals surface area contributed by atoms with E-state index in [1.165, 1.54) is 0 Å². The minimum Gasteiger partial charge on any atom is -0.127 e. The van der Waals surface area contributed by atoms with Crippen LogP contribution in [0, 0.1) is 45.9 Å². The van der Waals surface area contributed by atoms with Crippen molar-refractivity contribution in [2.75, 3.05) is 0 Å². The van der Waals surface area contributed by atoms with Gasteiger partial charge in [-0.15, -0.1) is 22.2 Å². The Labute approximate surface area is 267 Å². The lowest BCUT2D eigenvalue weighted by Crippen LogP contribution is -2.43. The smallest absolute Gasteiger partial charge is 0.127 e. The van der Waals surface area contributed by atoms with Gasteiger partial charge < -0.3 is 0 Å². The van der Waals surface area contributed by atoms with Gasteiger partial charge in [-0.05, 0) is 45.4 Å². The normalized spacial score (nSPS) is 12.6. The van der Waals surface area contributed by atoms with E-state index in [0.29, 0.717) is 33.2 Å². The van der Waals surface area contributed by atoms with Crippen LogP contribution in [0.1, 0.15) is 105 Å². The molecule has 0 nitrogen and oxygen atoms in total. The highest BCUT2D eigenvalue weighted by Gasteiger charge is 2.42. The van der Waals surface area contributed by atoms with E-state index in [0.717, 1.165) is 22.3 Å². The zero-order valence-corrected chi connectivity index (χ0v) is 34.6. The van der Waals surface area contributed by atoms with Crippen LogP contribution in [-0.2, 0) is 0 Å². The van der Waals surface area contributed by atoms with Gasteiger partial charge in [0.1, 0.15) is 32.3 Å². The molecule has 0 fully saturated rings. The van der Waals surface area contributed by atoms with E-state index in [2.05, 4.69) is 180 Å². The highest BCUT2D eigenvalue weighted by atomic mass is 28.3. The van der Waals surface area contributed by atoms with Crippen molar-refractivity contribution in [3.8, 4) is 45.9 Å². The van der Waals surface area contributed by atoms with Gasteiger partial charge in [0, 0.05) is 22.3 Å². The molecule has 4 heteroatoms. The predicted octanol–water partition coefficient (Wildman–Crippen LogP) is 11.3. The lowest BCUT2D eigenvalue weighted by Gasteiger charge is -2.38. The standard InChI is InChI=1S/C38H62Si4/c1-29(2)41(30(3)4,31(5)6)25-21-37-27-36(20-24-40(16,17)18)38(28-35(37)19-23-39(13,14)15)22-26-42(32(7)8,33(9)10)34(11)12/h27-34H,1-18H3. The lowest BCUT2D eigenvalue weighted by molar-refractivity contribution is 0.838. The molecule has 0 saturated heterocycles. The van der Waals surface area contributed by atoms with E-state index in [1.54, 1.807) is 0 Å². The Morgan fingerprint density at radius 1 is 0.357 bits per heavy atom. The minimum atomic E-state index is -1.90. The maximum absolute atomic E-state index is 3.97. The summed E-state index contributed by atoms with van der Waals surface area (Å²) >= 11 is 0. The fraction of sp³-hybridized carbons (Fsp3) is 0.632. The summed E-state index contributed by atoms with van der Waals surface area (Å²) in [6, 6.07) is 4.48. The molecule has 0 aliphatic heterocycles. The van der Waals surface area contributed by atoms with Crippen LogP contribution in [0.3, 0.4) is 0 Å². The third kappa shape index (κ3) is 9.67. The van der Waals surface area contributed by atoms with Gasteiger partial charge in [0.15, 0.2) is 0 Å². The average molecular weight is 631 g/mol. The van der Waals surface area contributed by atoms with Gasteiger partial charge in [0.2, 0.25) is 0 Å². The fourth-order valence-corrected chi connectivity index (χ4v) is 18.2. The molecule has 0 aliphatic carbocycles. The summed E-state index contributed by atoms with van der Waals surface area (Å²) in [4.78, 5) is 0. The molecule has 0 saturated carbocycles. The molecule has 0 spiro atoms. The van der Waals surface area contributed by atoms with E-state index < -0.39 is 32.3 Å². The topological polar surface area (TPSA) is 0 Å². The molecule has 0 bridgehead atoms. The molecule has 1 aromatic carbocycles. The summed E-state index contributed by atoms with van der Waals surface area (Å²) in [5.41, 5.74) is 22.8. The first-order chi connectivity index (χ1) is 19.0. The first-order valence-electron chi connectivity index (χ1n) is 16.3. The van der Waals surface area contributed by atoms with Crippen LogP contribution in [0.4, 0.5) is 0 Å². The van der Waals surface area contributed by atoms with Crippen molar-refractivity contribution in [1.82, 2.24) is 0 Å². The maximum Gasteiger partial charge on any atom is 0.146 e. The quantitative estimate of drug-likeness (QED) is 0.217. The Morgan fingerprint density at radius 3 is 0.714 bits per heavy atom. The van der Waals surface area contributed by atoms with Crippen LogP contribution >= 0.6 is 0 Å². The van der Waals surface area contributed by atoms with Crippen LogP contribution in [-0.4, -0.2) is 32.3 Å². The molecular weight excluding hydrogens is 569 g/mol. The monoisotopic (exact) mass is 630 g/mol. The van der Waals surface area contributed by atoms with Gasteiger partial charge in [-0.2, -0.15) is 0 Å². The summed E-state index contributed by atoms with van der Waals surface area (Å²) in [5, 5.41) is 0. The van der Waals surface area contributed by atoms with Gasteiger partial charge in [-0.1, -0.05) is 146 Å². The van der Waals surface area contributed by atoms with Crippen molar-refractivity contribution in [2.45, 2.75) is 156 Å². The highest BCUT2D eigenvalue weighted by Crippen LogP contribution is 2.42. The van der Waals surface area contributed by atoms with Crippen molar-refractivity contribution in [2.24, 2.45) is 0 Å². The van der Waals surface area contributed by atoms with E-state index in [4.69, 9.17) is 0 Å². The molecular formula is C38H62Si4. The van der Waals surface area contributed by atoms with Crippen LogP contribution < -0.4 is 0 Å². The van der Waals surface area contributed by atoms with Crippen molar-refractivity contribution >= 4 is 32.3 Å². The summed E-state index contributed by atoms with van der Waals surface area (Å²) in [6.45, 7) is 42.4. The van der Waals surface area contributed by atoms with Crippen molar-refractivity contribution in [1.29, 1.82) is 0 Å². The fourth-order valence-electron chi connectivity index (χ4n) is 6.74. The zero-order chi connectivity index (χ0) is 32.8. The average Bonchev–Trinajstić information content (AvgIpc) is 2.80. The van der Waals surface area contributed by atoms with Crippen molar-refractivity contribution < 1.29 is 0 Å². The van der Waals surface area contributed by atoms with Gasteiger partial charge in [-0.3, -0.25) is 0 Å². The first-order valence-corrected chi connectivity index (χ1v) is 27.8. The van der Waals surface area contributed by atoms with Crippen LogP contribution in [0.2, 0.25) is 72.5 Å². The number of hydrogen-bond donors (Lipinski definition) is 0. The van der Waals surface area contributed by atoms with E-state index in [9.17, 15) is 0 Å². The zero-order valence-electron chi connectivity index (χ0n) is 30.6. The molecule has 0 N–H and O–H groups in total. The maximum atomic E-state index is 3.97. The molecule has 1 aromatic rings. The van der Waals surface area contributed by atoms with Crippen LogP contribution in [0.5, 0.6) is 0 Å². The number of benzene rings is 1. The summed E-state index contributed by atoms with van der Waals surface area (Å²) in [6.07, 6.45) is 0. The molecule has 42 heavy (non-hydrogen) atoms. The number of hydrogen-bond acceptors (Lipinski definition) is 0. The molecule has 0 unspecified atom stereocenters. The molecule has 0 aliphatic rings. The van der Waals surface area contributed by atoms with Crippen molar-refractivity contribution in [3.05, 3.63) is 34.4 Å². The molecule has 230 valence electrons. The van der Waals surface area contributed by atoms with Gasteiger partial charge >= 0.3 is 0 Å². The molecule has 0 aromatic heterocycles. The summed E-state index contributed by atoms with van der Waals surface area (Å²) in [7, 11) is -6.99. The van der Waals surface area contributed by atoms with E-state index in [1.807, 2.05) is 0 Å². The van der Waals surface area contributed by atoms with E-state index in [-0.39, 0.29) is 0 Å². The first kappa shape index (κ1) is 38.4. The molecule has 0 amide bonds. The SMILES string of the molecule is CC(C)[Si](C#Cc1cc(C#C[Si](C)(C)C)c(C#C[Si](C(C)C)(C(C)C)C(C)C)cc1C#C[Si](C)(C)C)(C(C)C)C(C)C. The van der Waals surface area contributed by atoms with Crippen LogP contribution in [0.25, 0.3) is 0 Å². The van der Waals surface area contributed by atoms with Gasteiger partial charge in [0.05, 0.1) is 0 Å². The molecule has 0 radical (unpaired) electrons. The summed E-state index contributed by atoms with van der Waals surface area (Å²) < 4.78 is 0. The van der Waals surface area contributed by atoms with Gasteiger partial charge in [0.25, 0.3) is 0 Å². The second-order valence-corrected chi connectivity index (χ2v) is 36.9. The summed E-state index contributed by atoms with van der Waals surface area (Å²) in [5.74, 6) is 14.7. The Hall–Kier alpha value is -1.67. The lowest BCUT2D eigenvalue weighted by atomic mass is 9.99. The largest absolute Gasteiger partial charge is 0.146 e. The van der Waals surface area contributed by atoms with Crippen molar-refractivity contribution in [3.63, 3.8) is 0 Å². The molecule has 0 heterocycles. The predicted molar refractivity (Wildman–Crippen MR) is 203 cm³/mol. The molecule has 0 atom stereocenters. The van der Waals surface area contributed by atoms with E-state index >= 15 is 0 Å². The Kier molecular flexibility index (Phi) is 13.6. The second kappa shape index (κ2) is 14.9. The number of rotatable bonds is 6. The third-order valence-corrected chi connectivity index (χ3v) is 23.2. The Bertz CT molecular complexity index is 1180. The second-order valence-electron chi connectivity index (χ2n) is 16.2. The third-order valence-electron chi connectivity index (χ3n) is 8.86. The minimum absolute atomic E-state index is 0.582. The van der Waals surface area contributed by atoms with Gasteiger partial charge in [-0.25, -0.2) is 0 Å². The Balaban J connectivity index is 4.31. The van der Waals surface area contributed by atoms with Crippen LogP contribution in [0.15, 0.2) is 12.1 Å². The highest BCUT2D eigenvalue weighted by molar-refractivity contribution is 6.91. The Morgan fingerprint density at radius 2 is 0.548 bits per heavy atom.